The SMILES string of the molecule is CC(CO)Nc1c(Br)cnn(CC2CCC2)c1=O. The van der Waals surface area contributed by atoms with Gasteiger partial charge in [-0.3, -0.25) is 4.79 Å². The van der Waals surface area contributed by atoms with Crippen molar-refractivity contribution in [1.82, 2.24) is 9.78 Å². The Morgan fingerprint density at radius 3 is 2.94 bits per heavy atom. The first-order valence-electron chi connectivity index (χ1n) is 6.25. The zero-order valence-electron chi connectivity index (χ0n) is 10.4. The molecule has 100 valence electrons. The number of aliphatic hydroxyl groups is 1. The quantitative estimate of drug-likeness (QED) is 0.866. The van der Waals surface area contributed by atoms with E-state index in [0.717, 1.165) is 0 Å². The molecule has 1 fully saturated rings. The number of nitrogens with zero attached hydrogens (tertiary/aromatic N) is 2. The molecule has 1 heterocycles. The van der Waals surface area contributed by atoms with E-state index in [1.807, 2.05) is 6.92 Å². The van der Waals surface area contributed by atoms with Crippen LogP contribution in [0.1, 0.15) is 26.2 Å². The Morgan fingerprint density at radius 1 is 1.67 bits per heavy atom. The summed E-state index contributed by atoms with van der Waals surface area (Å²) in [6.45, 7) is 2.49. The number of aromatic nitrogens is 2. The molecule has 1 atom stereocenters. The summed E-state index contributed by atoms with van der Waals surface area (Å²) in [5, 5.41) is 16.2. The number of aliphatic hydroxyl groups excluding tert-OH is 1. The molecule has 2 N–H and O–H groups in total. The summed E-state index contributed by atoms with van der Waals surface area (Å²) in [4.78, 5) is 12.2. The fourth-order valence-electron chi connectivity index (χ4n) is 1.94. The molecule has 1 aliphatic rings. The van der Waals surface area contributed by atoms with Crippen molar-refractivity contribution in [3.63, 3.8) is 0 Å². The van der Waals surface area contributed by atoms with Crippen molar-refractivity contribution in [2.75, 3.05) is 11.9 Å². The van der Waals surface area contributed by atoms with Gasteiger partial charge >= 0.3 is 0 Å². The van der Waals surface area contributed by atoms with Crippen LogP contribution in [0.3, 0.4) is 0 Å². The first-order valence-corrected chi connectivity index (χ1v) is 7.04. The normalized spacial score (nSPS) is 17.3. The van der Waals surface area contributed by atoms with Crippen LogP contribution >= 0.6 is 15.9 Å². The molecule has 6 heteroatoms. The standard InChI is InChI=1S/C12H18BrN3O2/c1-8(7-17)15-11-10(13)5-14-16(12(11)18)6-9-3-2-4-9/h5,8-9,15,17H,2-4,6-7H2,1H3. The van der Waals surface area contributed by atoms with Crippen LogP contribution in [0.5, 0.6) is 0 Å². The molecule has 1 unspecified atom stereocenters. The van der Waals surface area contributed by atoms with Crippen LogP contribution in [0, 0.1) is 5.92 Å². The zero-order valence-corrected chi connectivity index (χ0v) is 12.0. The fraction of sp³-hybridized carbons (Fsp3) is 0.667. The molecule has 0 saturated heterocycles. The predicted octanol–water partition coefficient (Wildman–Crippen LogP) is 1.60. The first kappa shape index (κ1) is 13.5. The van der Waals surface area contributed by atoms with Crippen molar-refractivity contribution in [1.29, 1.82) is 0 Å². The minimum atomic E-state index is -0.159. The summed E-state index contributed by atoms with van der Waals surface area (Å²) in [6, 6.07) is -0.159. The lowest BCUT2D eigenvalue weighted by Gasteiger charge is -2.25. The van der Waals surface area contributed by atoms with Crippen molar-refractivity contribution in [3.05, 3.63) is 21.0 Å². The van der Waals surface area contributed by atoms with Gasteiger partial charge in [-0.15, -0.1) is 0 Å². The average molecular weight is 316 g/mol. The summed E-state index contributed by atoms with van der Waals surface area (Å²) in [7, 11) is 0. The highest BCUT2D eigenvalue weighted by atomic mass is 79.9. The van der Waals surface area contributed by atoms with Gasteiger partial charge in [0.15, 0.2) is 0 Å². The maximum absolute atomic E-state index is 12.2. The van der Waals surface area contributed by atoms with Crippen LogP contribution in [0.25, 0.3) is 0 Å². The maximum Gasteiger partial charge on any atom is 0.291 e. The summed E-state index contributed by atoms with van der Waals surface area (Å²) in [5.41, 5.74) is 0.349. The highest BCUT2D eigenvalue weighted by Crippen LogP contribution is 2.27. The van der Waals surface area contributed by atoms with Crippen LogP contribution in [0.4, 0.5) is 5.69 Å². The fourth-order valence-corrected chi connectivity index (χ4v) is 2.32. The van der Waals surface area contributed by atoms with E-state index in [1.54, 1.807) is 6.20 Å². The van der Waals surface area contributed by atoms with Crippen molar-refractivity contribution in [2.24, 2.45) is 5.92 Å². The van der Waals surface area contributed by atoms with Crippen molar-refractivity contribution >= 4 is 21.6 Å². The third-order valence-corrected chi connectivity index (χ3v) is 3.92. The highest BCUT2D eigenvalue weighted by molar-refractivity contribution is 9.10. The number of hydrogen-bond donors (Lipinski definition) is 2. The van der Waals surface area contributed by atoms with Gasteiger partial charge in [0.25, 0.3) is 5.56 Å². The predicted molar refractivity (Wildman–Crippen MR) is 73.7 cm³/mol. The molecule has 1 saturated carbocycles. The second kappa shape index (κ2) is 5.84. The average Bonchev–Trinajstić information content (AvgIpc) is 2.31. The molecule has 0 aromatic carbocycles. The highest BCUT2D eigenvalue weighted by Gasteiger charge is 2.20. The third-order valence-electron chi connectivity index (χ3n) is 3.32. The van der Waals surface area contributed by atoms with Gasteiger partial charge in [-0.25, -0.2) is 4.68 Å². The number of halogens is 1. The van der Waals surface area contributed by atoms with E-state index in [4.69, 9.17) is 5.11 Å². The molecule has 5 nitrogen and oxygen atoms in total. The molecule has 1 aromatic heterocycles. The van der Waals surface area contributed by atoms with Gasteiger partial charge in [0.2, 0.25) is 0 Å². The summed E-state index contributed by atoms with van der Waals surface area (Å²) < 4.78 is 2.15. The number of rotatable bonds is 5. The Hall–Kier alpha value is -0.880. The molecule has 0 spiro atoms. The molecular weight excluding hydrogens is 298 g/mol. The van der Waals surface area contributed by atoms with Crippen LogP contribution in [0.15, 0.2) is 15.5 Å². The van der Waals surface area contributed by atoms with Gasteiger partial charge in [-0.05, 0) is 41.6 Å². The van der Waals surface area contributed by atoms with E-state index in [2.05, 4.69) is 26.3 Å². The molecule has 0 radical (unpaired) electrons. The largest absolute Gasteiger partial charge is 0.394 e. The Balaban J connectivity index is 2.21. The topological polar surface area (TPSA) is 67.2 Å². The Kier molecular flexibility index (Phi) is 4.40. The molecule has 0 aliphatic heterocycles. The van der Waals surface area contributed by atoms with E-state index < -0.39 is 0 Å². The minimum absolute atomic E-state index is 0.0170. The van der Waals surface area contributed by atoms with Gasteiger partial charge in [0.1, 0.15) is 5.69 Å². The number of nitrogens with one attached hydrogen (secondary N) is 1. The van der Waals surface area contributed by atoms with Gasteiger partial charge in [-0.2, -0.15) is 5.10 Å². The van der Waals surface area contributed by atoms with Crippen molar-refractivity contribution in [2.45, 2.75) is 38.8 Å². The minimum Gasteiger partial charge on any atom is -0.394 e. The van der Waals surface area contributed by atoms with Crippen LogP contribution in [0.2, 0.25) is 0 Å². The van der Waals surface area contributed by atoms with Crippen LogP contribution < -0.4 is 10.9 Å². The lowest BCUT2D eigenvalue weighted by molar-refractivity contribution is 0.261. The monoisotopic (exact) mass is 315 g/mol. The first-order chi connectivity index (χ1) is 8.61. The van der Waals surface area contributed by atoms with Crippen molar-refractivity contribution < 1.29 is 5.11 Å². The second-order valence-electron chi connectivity index (χ2n) is 4.88. The molecule has 1 aliphatic carbocycles. The Labute approximate surface area is 114 Å². The molecule has 18 heavy (non-hydrogen) atoms. The molecule has 0 bridgehead atoms. The Morgan fingerprint density at radius 2 is 2.39 bits per heavy atom. The zero-order chi connectivity index (χ0) is 13.1. The maximum atomic E-state index is 12.2. The van der Waals surface area contributed by atoms with E-state index >= 15 is 0 Å². The van der Waals surface area contributed by atoms with Gasteiger partial charge in [0, 0.05) is 12.6 Å². The Bertz CT molecular complexity index is 471. The van der Waals surface area contributed by atoms with Gasteiger partial charge in [0.05, 0.1) is 17.3 Å². The number of anilines is 1. The molecule has 0 amide bonds. The summed E-state index contributed by atoms with van der Waals surface area (Å²) >= 11 is 3.32. The summed E-state index contributed by atoms with van der Waals surface area (Å²) in [6.07, 6.45) is 5.25. The third kappa shape index (κ3) is 2.92. The van der Waals surface area contributed by atoms with E-state index in [-0.39, 0.29) is 18.2 Å². The molecule has 1 aromatic rings. The van der Waals surface area contributed by atoms with Crippen LogP contribution in [-0.4, -0.2) is 27.5 Å². The van der Waals surface area contributed by atoms with Gasteiger partial charge < -0.3 is 10.4 Å². The second-order valence-corrected chi connectivity index (χ2v) is 5.73. The van der Waals surface area contributed by atoms with Crippen molar-refractivity contribution in [3.8, 4) is 0 Å². The van der Waals surface area contributed by atoms with E-state index in [9.17, 15) is 4.79 Å². The summed E-state index contributed by atoms with van der Waals surface area (Å²) in [5.74, 6) is 0.583. The molecule has 2 rings (SSSR count). The lowest BCUT2D eigenvalue weighted by atomic mass is 9.85. The van der Waals surface area contributed by atoms with Gasteiger partial charge in [-0.1, -0.05) is 6.42 Å². The van der Waals surface area contributed by atoms with Crippen LogP contribution in [-0.2, 0) is 6.54 Å². The lowest BCUT2D eigenvalue weighted by Crippen LogP contribution is -2.33. The number of hydrogen-bond acceptors (Lipinski definition) is 4. The van der Waals surface area contributed by atoms with E-state index in [0.29, 0.717) is 22.6 Å². The molecular formula is C12H18BrN3O2. The van der Waals surface area contributed by atoms with E-state index in [1.165, 1.54) is 23.9 Å². The smallest absolute Gasteiger partial charge is 0.291 e.